The fraction of sp³-hybridized carbons (Fsp3) is 0.900. The van der Waals surface area contributed by atoms with E-state index in [9.17, 15) is 4.79 Å². The van der Waals surface area contributed by atoms with Crippen molar-refractivity contribution in [3.05, 3.63) is 0 Å². The topological polar surface area (TPSA) is 44.4 Å². The highest BCUT2D eigenvalue weighted by atomic mass is 16.1. The van der Waals surface area contributed by atoms with E-state index >= 15 is 0 Å². The van der Waals surface area contributed by atoms with Gasteiger partial charge in [0.05, 0.1) is 0 Å². The van der Waals surface area contributed by atoms with Gasteiger partial charge in [-0.05, 0) is 24.9 Å². The molecular weight excluding hydrogens is 178 g/mol. The lowest BCUT2D eigenvalue weighted by Gasteiger charge is -2.15. The molecule has 2 atom stereocenters. The number of nitrogens with one attached hydrogen (secondary N) is 2. The molecule has 2 fully saturated rings. The van der Waals surface area contributed by atoms with Gasteiger partial charge in [0.15, 0.2) is 0 Å². The summed E-state index contributed by atoms with van der Waals surface area (Å²) in [6.07, 6.45) is 0.642. The summed E-state index contributed by atoms with van der Waals surface area (Å²) in [6, 6.07) is 0. The van der Waals surface area contributed by atoms with Crippen molar-refractivity contribution >= 4 is 5.91 Å². The molecule has 80 valence electrons. The van der Waals surface area contributed by atoms with Crippen molar-refractivity contribution in [3.63, 3.8) is 0 Å². The Balaban J connectivity index is 1.71. The lowest BCUT2D eigenvalue weighted by Crippen LogP contribution is -2.30. The van der Waals surface area contributed by atoms with E-state index in [4.69, 9.17) is 0 Å². The molecule has 0 aromatic rings. The highest BCUT2D eigenvalue weighted by Gasteiger charge is 2.35. The summed E-state index contributed by atoms with van der Waals surface area (Å²) >= 11 is 0. The second-order valence-corrected chi connectivity index (χ2v) is 4.36. The van der Waals surface area contributed by atoms with Crippen LogP contribution >= 0.6 is 0 Å². The molecule has 2 saturated heterocycles. The van der Waals surface area contributed by atoms with Crippen LogP contribution in [0.15, 0.2) is 0 Å². The zero-order chi connectivity index (χ0) is 9.97. The number of amides is 1. The van der Waals surface area contributed by atoms with Crippen LogP contribution in [0.1, 0.15) is 6.42 Å². The van der Waals surface area contributed by atoms with Gasteiger partial charge in [-0.15, -0.1) is 0 Å². The number of hydrogen-bond acceptors (Lipinski definition) is 3. The highest BCUT2D eigenvalue weighted by molar-refractivity contribution is 5.75. The Morgan fingerprint density at radius 3 is 2.64 bits per heavy atom. The van der Waals surface area contributed by atoms with Crippen LogP contribution in [0.3, 0.4) is 0 Å². The lowest BCUT2D eigenvalue weighted by atomic mass is 10.0. The van der Waals surface area contributed by atoms with Crippen molar-refractivity contribution in [2.45, 2.75) is 6.42 Å². The number of carbonyl (C=O) groups excluding carboxylic acids is 1. The zero-order valence-electron chi connectivity index (χ0n) is 8.75. The monoisotopic (exact) mass is 197 g/mol. The zero-order valence-corrected chi connectivity index (χ0v) is 8.75. The SMILES string of the molecule is CNC(=O)CCN1CC2CNCC2C1. The van der Waals surface area contributed by atoms with Crippen molar-refractivity contribution < 1.29 is 4.79 Å². The molecule has 0 radical (unpaired) electrons. The van der Waals surface area contributed by atoms with Crippen LogP contribution in [0.25, 0.3) is 0 Å². The molecule has 0 saturated carbocycles. The first-order valence-corrected chi connectivity index (χ1v) is 5.43. The van der Waals surface area contributed by atoms with E-state index in [1.165, 1.54) is 26.2 Å². The normalized spacial score (nSPS) is 31.8. The molecule has 14 heavy (non-hydrogen) atoms. The third-order valence-corrected chi connectivity index (χ3v) is 3.40. The van der Waals surface area contributed by atoms with Crippen molar-refractivity contribution in [1.29, 1.82) is 0 Å². The Labute approximate surface area is 85.0 Å². The number of carbonyl (C=O) groups is 1. The molecule has 0 aliphatic carbocycles. The smallest absolute Gasteiger partial charge is 0.221 e. The van der Waals surface area contributed by atoms with E-state index in [1.54, 1.807) is 7.05 Å². The predicted octanol–water partition coefficient (Wildman–Crippen LogP) is -0.726. The second kappa shape index (κ2) is 4.28. The van der Waals surface area contributed by atoms with Gasteiger partial charge < -0.3 is 15.5 Å². The average Bonchev–Trinajstić information content (AvgIpc) is 2.73. The first-order valence-electron chi connectivity index (χ1n) is 5.43. The third-order valence-electron chi connectivity index (χ3n) is 3.40. The first kappa shape index (κ1) is 9.93. The van der Waals surface area contributed by atoms with Crippen LogP contribution < -0.4 is 10.6 Å². The van der Waals surface area contributed by atoms with Gasteiger partial charge in [-0.25, -0.2) is 0 Å². The van der Waals surface area contributed by atoms with Gasteiger partial charge in [0, 0.05) is 33.1 Å². The lowest BCUT2D eigenvalue weighted by molar-refractivity contribution is -0.120. The van der Waals surface area contributed by atoms with Gasteiger partial charge in [0.25, 0.3) is 0 Å². The van der Waals surface area contributed by atoms with Crippen LogP contribution in [0.2, 0.25) is 0 Å². The predicted molar refractivity (Wildman–Crippen MR) is 55.0 cm³/mol. The van der Waals surface area contributed by atoms with Gasteiger partial charge in [-0.2, -0.15) is 0 Å². The molecule has 2 N–H and O–H groups in total. The van der Waals surface area contributed by atoms with Gasteiger partial charge >= 0.3 is 0 Å². The number of likely N-dealkylation sites (tertiary alicyclic amines) is 1. The molecule has 2 heterocycles. The maximum absolute atomic E-state index is 11.1. The Kier molecular flexibility index (Phi) is 3.03. The van der Waals surface area contributed by atoms with Gasteiger partial charge in [0.1, 0.15) is 0 Å². The van der Waals surface area contributed by atoms with Crippen LogP contribution in [0.5, 0.6) is 0 Å². The summed E-state index contributed by atoms with van der Waals surface area (Å²) < 4.78 is 0. The summed E-state index contributed by atoms with van der Waals surface area (Å²) in [6.45, 7) is 5.61. The number of hydrogen-bond donors (Lipinski definition) is 2. The second-order valence-electron chi connectivity index (χ2n) is 4.36. The minimum Gasteiger partial charge on any atom is -0.359 e. The summed E-state index contributed by atoms with van der Waals surface area (Å²) in [5.41, 5.74) is 0. The van der Waals surface area contributed by atoms with Crippen molar-refractivity contribution in [2.75, 3.05) is 39.8 Å². The molecule has 2 rings (SSSR count). The number of rotatable bonds is 3. The maximum Gasteiger partial charge on any atom is 0.221 e. The molecule has 0 bridgehead atoms. The molecule has 2 aliphatic rings. The number of nitrogens with zero attached hydrogens (tertiary/aromatic N) is 1. The van der Waals surface area contributed by atoms with Crippen LogP contribution in [-0.4, -0.2) is 50.6 Å². The fourth-order valence-electron chi connectivity index (χ4n) is 2.52. The Morgan fingerprint density at radius 1 is 1.43 bits per heavy atom. The number of fused-ring (bicyclic) bond motifs is 1. The molecular formula is C10H19N3O. The molecule has 0 aromatic carbocycles. The molecule has 4 heteroatoms. The van der Waals surface area contributed by atoms with E-state index in [-0.39, 0.29) is 5.91 Å². The van der Waals surface area contributed by atoms with Crippen molar-refractivity contribution in [3.8, 4) is 0 Å². The minimum absolute atomic E-state index is 0.153. The Morgan fingerprint density at radius 2 is 2.07 bits per heavy atom. The molecule has 4 nitrogen and oxygen atoms in total. The summed E-state index contributed by atoms with van der Waals surface area (Å²) in [5.74, 6) is 1.82. The van der Waals surface area contributed by atoms with Crippen molar-refractivity contribution in [2.24, 2.45) is 11.8 Å². The summed E-state index contributed by atoms with van der Waals surface area (Å²) in [5, 5.41) is 6.08. The van der Waals surface area contributed by atoms with E-state index in [1.807, 2.05) is 0 Å². The molecule has 0 aromatic heterocycles. The summed E-state index contributed by atoms with van der Waals surface area (Å²) in [4.78, 5) is 13.5. The standard InChI is InChI=1S/C10H19N3O/c1-11-10(14)2-3-13-6-8-4-12-5-9(8)7-13/h8-9,12H,2-7H2,1H3,(H,11,14). The highest BCUT2D eigenvalue weighted by Crippen LogP contribution is 2.25. The largest absolute Gasteiger partial charge is 0.359 e. The van der Waals surface area contributed by atoms with Gasteiger partial charge in [-0.3, -0.25) is 4.79 Å². The average molecular weight is 197 g/mol. The van der Waals surface area contributed by atoms with Crippen LogP contribution in [-0.2, 0) is 4.79 Å². The Hall–Kier alpha value is -0.610. The third kappa shape index (κ3) is 2.07. The fourth-order valence-corrected chi connectivity index (χ4v) is 2.52. The molecule has 2 unspecified atom stereocenters. The van der Waals surface area contributed by atoms with E-state index in [0.717, 1.165) is 18.4 Å². The summed E-state index contributed by atoms with van der Waals surface area (Å²) in [7, 11) is 1.70. The molecule has 2 aliphatic heterocycles. The van der Waals surface area contributed by atoms with Crippen molar-refractivity contribution in [1.82, 2.24) is 15.5 Å². The molecule has 1 amide bonds. The maximum atomic E-state index is 11.1. The first-order chi connectivity index (χ1) is 6.79. The van der Waals surface area contributed by atoms with E-state index < -0.39 is 0 Å². The van der Waals surface area contributed by atoms with Crippen LogP contribution in [0, 0.1) is 11.8 Å². The van der Waals surface area contributed by atoms with E-state index in [2.05, 4.69) is 15.5 Å². The van der Waals surface area contributed by atoms with E-state index in [0.29, 0.717) is 6.42 Å². The van der Waals surface area contributed by atoms with Crippen LogP contribution in [0.4, 0.5) is 0 Å². The minimum atomic E-state index is 0.153. The van der Waals surface area contributed by atoms with Gasteiger partial charge in [0.2, 0.25) is 5.91 Å². The molecule has 0 spiro atoms. The Bertz CT molecular complexity index is 207. The quantitative estimate of drug-likeness (QED) is 0.627. The van der Waals surface area contributed by atoms with Gasteiger partial charge in [-0.1, -0.05) is 0 Å².